The van der Waals surface area contributed by atoms with Crippen molar-refractivity contribution in [3.63, 3.8) is 0 Å². The third-order valence-electron chi connectivity index (χ3n) is 5.23. The van der Waals surface area contributed by atoms with Crippen molar-refractivity contribution in [1.82, 2.24) is 4.57 Å². The zero-order chi connectivity index (χ0) is 18.3. The molecular formula is C22H24N2O2. The molecule has 4 rings (SSSR count). The van der Waals surface area contributed by atoms with E-state index in [1.54, 1.807) is 0 Å². The number of aromatic nitrogens is 1. The fraction of sp³-hybridized carbons (Fsp3) is 0.318. The lowest BCUT2D eigenvalue weighted by Crippen LogP contribution is -2.22. The van der Waals surface area contributed by atoms with Crippen molar-refractivity contribution in [3.05, 3.63) is 59.3 Å². The van der Waals surface area contributed by atoms with E-state index in [2.05, 4.69) is 43.7 Å². The van der Waals surface area contributed by atoms with E-state index < -0.39 is 0 Å². The molecule has 0 bridgehead atoms. The van der Waals surface area contributed by atoms with E-state index in [-0.39, 0.29) is 5.91 Å². The molecule has 0 fully saturated rings. The quantitative estimate of drug-likeness (QED) is 0.619. The lowest BCUT2D eigenvalue weighted by molar-refractivity contribution is 0.0996. The monoisotopic (exact) mass is 348 g/mol. The van der Waals surface area contributed by atoms with Gasteiger partial charge in [0.2, 0.25) is 0 Å². The Bertz CT molecular complexity index is 987. The van der Waals surface area contributed by atoms with Crippen LogP contribution in [0, 0.1) is 6.92 Å². The average Bonchev–Trinajstić information content (AvgIpc) is 3.12. The molecule has 0 radical (unpaired) electrons. The summed E-state index contributed by atoms with van der Waals surface area (Å²) in [4.78, 5) is 14.8. The van der Waals surface area contributed by atoms with E-state index >= 15 is 0 Å². The zero-order valence-electron chi connectivity index (χ0n) is 15.6. The molecule has 0 atom stereocenters. The van der Waals surface area contributed by atoms with Crippen LogP contribution in [0.4, 0.5) is 5.69 Å². The number of hydrogen-bond acceptors (Lipinski definition) is 2. The largest absolute Gasteiger partial charge is 0.494 e. The van der Waals surface area contributed by atoms with E-state index in [4.69, 9.17) is 4.74 Å². The normalized spacial score (nSPS) is 13.5. The number of ether oxygens (including phenoxy) is 1. The number of amides is 1. The van der Waals surface area contributed by atoms with Crippen LogP contribution in [-0.2, 0) is 13.6 Å². The zero-order valence-corrected chi connectivity index (χ0v) is 15.6. The Morgan fingerprint density at radius 2 is 1.96 bits per heavy atom. The van der Waals surface area contributed by atoms with Crippen LogP contribution < -0.4 is 9.64 Å². The fourth-order valence-electron chi connectivity index (χ4n) is 3.56. The maximum absolute atomic E-state index is 13.0. The second kappa shape index (κ2) is 6.52. The molecule has 0 spiro atoms. The van der Waals surface area contributed by atoms with Crippen LogP contribution in [0.1, 0.15) is 41.4 Å². The number of hydrogen-bond donors (Lipinski definition) is 0. The van der Waals surface area contributed by atoms with Gasteiger partial charge in [-0.25, -0.2) is 0 Å². The molecule has 0 N–H and O–H groups in total. The topological polar surface area (TPSA) is 34.5 Å². The maximum atomic E-state index is 13.0. The Morgan fingerprint density at radius 1 is 1.12 bits per heavy atom. The lowest BCUT2D eigenvalue weighted by atomic mass is 10.1. The average molecular weight is 348 g/mol. The van der Waals surface area contributed by atoms with Gasteiger partial charge in [-0.15, -0.1) is 0 Å². The maximum Gasteiger partial charge on any atom is 0.259 e. The molecule has 1 aliphatic rings. The first-order valence-electron chi connectivity index (χ1n) is 9.22. The van der Waals surface area contributed by atoms with Gasteiger partial charge in [-0.1, -0.05) is 19.4 Å². The van der Waals surface area contributed by atoms with Crippen molar-refractivity contribution in [2.75, 3.05) is 11.5 Å². The predicted octanol–water partition coefficient (Wildman–Crippen LogP) is 4.83. The van der Waals surface area contributed by atoms with Gasteiger partial charge in [0.1, 0.15) is 5.75 Å². The summed E-state index contributed by atoms with van der Waals surface area (Å²) in [5, 5.41) is 1.16. The van der Waals surface area contributed by atoms with Crippen molar-refractivity contribution in [3.8, 4) is 5.75 Å². The minimum absolute atomic E-state index is 0.0490. The standard InChI is InChI=1S/C22H24N2O2/c1-4-5-10-26-19-8-6-16-14-24(22(25)20(16)13-19)18-7-9-21-17(12-18)11-15(2)23(21)3/h6-9,11-13H,4-5,10,14H2,1-3H3. The van der Waals surface area contributed by atoms with Crippen LogP contribution >= 0.6 is 0 Å². The number of carbonyl (C=O) groups is 1. The Hall–Kier alpha value is -2.75. The highest BCUT2D eigenvalue weighted by atomic mass is 16.5. The second-order valence-corrected chi connectivity index (χ2v) is 7.00. The molecule has 26 heavy (non-hydrogen) atoms. The third-order valence-corrected chi connectivity index (χ3v) is 5.23. The molecule has 134 valence electrons. The SMILES string of the molecule is CCCCOc1ccc2c(c1)C(=O)N(c1ccc3c(c1)cc(C)n3C)C2. The molecule has 0 saturated heterocycles. The van der Waals surface area contributed by atoms with Crippen molar-refractivity contribution in [2.45, 2.75) is 33.2 Å². The second-order valence-electron chi connectivity index (χ2n) is 7.00. The van der Waals surface area contributed by atoms with Gasteiger partial charge in [0.25, 0.3) is 5.91 Å². The van der Waals surface area contributed by atoms with Gasteiger partial charge in [0.15, 0.2) is 0 Å². The van der Waals surface area contributed by atoms with Crippen molar-refractivity contribution in [2.24, 2.45) is 7.05 Å². The van der Waals surface area contributed by atoms with Crippen LogP contribution in [0.2, 0.25) is 0 Å². The molecular weight excluding hydrogens is 324 g/mol. The summed E-state index contributed by atoms with van der Waals surface area (Å²) in [5.74, 6) is 0.828. The van der Waals surface area contributed by atoms with Gasteiger partial charge in [-0.3, -0.25) is 4.79 Å². The predicted molar refractivity (Wildman–Crippen MR) is 105 cm³/mol. The number of fused-ring (bicyclic) bond motifs is 2. The first-order chi connectivity index (χ1) is 12.6. The van der Waals surface area contributed by atoms with Gasteiger partial charge >= 0.3 is 0 Å². The van der Waals surface area contributed by atoms with Crippen LogP contribution in [0.25, 0.3) is 10.9 Å². The number of aryl methyl sites for hydroxylation is 2. The molecule has 2 aromatic carbocycles. The summed E-state index contributed by atoms with van der Waals surface area (Å²) < 4.78 is 7.93. The van der Waals surface area contributed by atoms with Gasteiger partial charge in [0.05, 0.1) is 13.2 Å². The molecule has 2 heterocycles. The van der Waals surface area contributed by atoms with Crippen LogP contribution in [0.3, 0.4) is 0 Å². The van der Waals surface area contributed by atoms with Crippen molar-refractivity contribution < 1.29 is 9.53 Å². The summed E-state index contributed by atoms with van der Waals surface area (Å²) in [6.07, 6.45) is 2.12. The molecule has 1 aromatic heterocycles. The Labute approximate surface area is 154 Å². The van der Waals surface area contributed by atoms with E-state index in [1.807, 2.05) is 29.2 Å². The van der Waals surface area contributed by atoms with E-state index in [1.165, 1.54) is 11.2 Å². The van der Waals surface area contributed by atoms with Gasteiger partial charge in [-0.2, -0.15) is 0 Å². The molecule has 3 aromatic rings. The Morgan fingerprint density at radius 3 is 2.77 bits per heavy atom. The molecule has 1 aliphatic heterocycles. The molecule has 0 unspecified atom stereocenters. The molecule has 4 heteroatoms. The first kappa shape index (κ1) is 16.7. The molecule has 0 aliphatic carbocycles. The smallest absolute Gasteiger partial charge is 0.259 e. The van der Waals surface area contributed by atoms with Crippen molar-refractivity contribution in [1.29, 1.82) is 0 Å². The highest BCUT2D eigenvalue weighted by Gasteiger charge is 2.29. The molecule has 0 saturated carbocycles. The summed E-state index contributed by atoms with van der Waals surface area (Å²) in [6.45, 7) is 5.53. The van der Waals surface area contributed by atoms with Crippen LogP contribution in [0.15, 0.2) is 42.5 Å². The number of nitrogens with zero attached hydrogens (tertiary/aromatic N) is 2. The van der Waals surface area contributed by atoms with Crippen LogP contribution in [0.5, 0.6) is 5.75 Å². The van der Waals surface area contributed by atoms with E-state index in [9.17, 15) is 4.79 Å². The highest BCUT2D eigenvalue weighted by molar-refractivity contribution is 6.10. The van der Waals surface area contributed by atoms with Crippen molar-refractivity contribution >= 4 is 22.5 Å². The molecule has 4 nitrogen and oxygen atoms in total. The summed E-state index contributed by atoms with van der Waals surface area (Å²) >= 11 is 0. The first-order valence-corrected chi connectivity index (χ1v) is 9.22. The molecule has 1 amide bonds. The summed E-state index contributed by atoms with van der Waals surface area (Å²) in [5.41, 5.74) is 5.15. The number of anilines is 1. The van der Waals surface area contributed by atoms with Crippen LogP contribution in [-0.4, -0.2) is 17.1 Å². The highest BCUT2D eigenvalue weighted by Crippen LogP contribution is 2.33. The number of benzene rings is 2. The Balaban J connectivity index is 1.61. The van der Waals surface area contributed by atoms with E-state index in [0.29, 0.717) is 13.2 Å². The third kappa shape index (κ3) is 2.75. The lowest BCUT2D eigenvalue weighted by Gasteiger charge is -2.16. The minimum Gasteiger partial charge on any atom is -0.494 e. The summed E-state index contributed by atoms with van der Waals surface area (Å²) in [6, 6.07) is 14.3. The van der Waals surface area contributed by atoms with E-state index in [0.717, 1.165) is 40.8 Å². The van der Waals surface area contributed by atoms with Gasteiger partial charge in [0, 0.05) is 34.9 Å². The number of carbonyl (C=O) groups excluding carboxylic acids is 1. The summed E-state index contributed by atoms with van der Waals surface area (Å²) in [7, 11) is 2.06. The fourth-order valence-corrected chi connectivity index (χ4v) is 3.56. The van der Waals surface area contributed by atoms with Gasteiger partial charge < -0.3 is 14.2 Å². The Kier molecular flexibility index (Phi) is 4.19. The number of rotatable bonds is 5. The number of unbranched alkanes of at least 4 members (excludes halogenated alkanes) is 1. The van der Waals surface area contributed by atoms with Gasteiger partial charge in [-0.05, 0) is 55.3 Å². The minimum atomic E-state index is 0.0490.